The van der Waals surface area contributed by atoms with Gasteiger partial charge in [0, 0.05) is 39.9 Å². The maximum absolute atomic E-state index is 9.87. The molecule has 0 spiro atoms. The van der Waals surface area contributed by atoms with Crippen LogP contribution >= 0.6 is 0 Å². The van der Waals surface area contributed by atoms with Crippen molar-refractivity contribution in [2.75, 3.05) is 38.8 Å². The lowest BCUT2D eigenvalue weighted by atomic mass is 10.2. The summed E-state index contributed by atoms with van der Waals surface area (Å²) in [6.45, 7) is 6.82. The number of hydrogen-bond donors (Lipinski definition) is 2. The molecule has 1 aromatic rings. The predicted molar refractivity (Wildman–Crippen MR) is 81.1 cm³/mol. The summed E-state index contributed by atoms with van der Waals surface area (Å²) in [7, 11) is 5.50. The Labute approximate surface area is 121 Å². The molecule has 6 heteroatoms. The van der Waals surface area contributed by atoms with Crippen molar-refractivity contribution in [3.05, 3.63) is 11.3 Å². The summed E-state index contributed by atoms with van der Waals surface area (Å²) in [4.78, 5) is 2.03. The Morgan fingerprint density at radius 3 is 2.80 bits per heavy atom. The first kappa shape index (κ1) is 16.9. The van der Waals surface area contributed by atoms with Crippen LogP contribution in [0.4, 0.5) is 5.82 Å². The molecule has 1 heterocycles. The Morgan fingerprint density at radius 2 is 2.20 bits per heavy atom. The van der Waals surface area contributed by atoms with Gasteiger partial charge in [-0.2, -0.15) is 5.10 Å². The molecule has 2 N–H and O–H groups in total. The molecule has 0 aliphatic carbocycles. The highest BCUT2D eigenvalue weighted by molar-refractivity contribution is 5.49. The minimum Gasteiger partial charge on any atom is -0.389 e. The van der Waals surface area contributed by atoms with Gasteiger partial charge in [0.1, 0.15) is 5.82 Å². The number of aryl methyl sites for hydroxylation is 2. The van der Waals surface area contributed by atoms with Crippen LogP contribution in [0.15, 0.2) is 0 Å². The SMILES string of the molecule is CCCNCc1c(C)nn(C)c1N(C)CC(O)COC. The molecule has 0 saturated heterocycles. The fourth-order valence-electron chi connectivity index (χ4n) is 2.41. The quantitative estimate of drug-likeness (QED) is 0.653. The summed E-state index contributed by atoms with van der Waals surface area (Å²) in [6, 6.07) is 0. The molecule has 20 heavy (non-hydrogen) atoms. The van der Waals surface area contributed by atoms with Crippen LogP contribution < -0.4 is 10.2 Å². The lowest BCUT2D eigenvalue weighted by Crippen LogP contribution is -2.33. The van der Waals surface area contributed by atoms with Crippen LogP contribution in [-0.4, -0.2) is 54.8 Å². The number of anilines is 1. The van der Waals surface area contributed by atoms with Crippen LogP contribution in [0.3, 0.4) is 0 Å². The van der Waals surface area contributed by atoms with Gasteiger partial charge in [-0.05, 0) is 19.9 Å². The molecule has 1 rings (SSSR count). The number of aliphatic hydroxyl groups is 1. The van der Waals surface area contributed by atoms with Crippen molar-refractivity contribution >= 4 is 5.82 Å². The number of rotatable bonds is 9. The van der Waals surface area contributed by atoms with E-state index in [4.69, 9.17) is 4.74 Å². The molecule has 116 valence electrons. The summed E-state index contributed by atoms with van der Waals surface area (Å²) < 4.78 is 6.85. The van der Waals surface area contributed by atoms with Crippen molar-refractivity contribution in [2.24, 2.45) is 7.05 Å². The third-order valence-electron chi connectivity index (χ3n) is 3.25. The minimum atomic E-state index is -0.503. The number of likely N-dealkylation sites (N-methyl/N-ethyl adjacent to an activating group) is 1. The van der Waals surface area contributed by atoms with E-state index in [-0.39, 0.29) is 0 Å². The number of hydrogen-bond acceptors (Lipinski definition) is 5. The largest absolute Gasteiger partial charge is 0.389 e. The molecule has 0 aliphatic heterocycles. The second kappa shape index (κ2) is 8.24. The van der Waals surface area contributed by atoms with Crippen molar-refractivity contribution in [2.45, 2.75) is 32.9 Å². The van der Waals surface area contributed by atoms with E-state index in [0.717, 1.165) is 31.0 Å². The molecule has 0 amide bonds. The van der Waals surface area contributed by atoms with Gasteiger partial charge in [-0.1, -0.05) is 6.92 Å². The molecular formula is C14H28N4O2. The zero-order chi connectivity index (χ0) is 15.1. The lowest BCUT2D eigenvalue weighted by Gasteiger charge is -2.23. The van der Waals surface area contributed by atoms with E-state index >= 15 is 0 Å². The zero-order valence-electron chi connectivity index (χ0n) is 13.3. The summed E-state index contributed by atoms with van der Waals surface area (Å²) in [5.74, 6) is 1.04. The fourth-order valence-corrected chi connectivity index (χ4v) is 2.41. The Bertz CT molecular complexity index is 406. The second-order valence-electron chi connectivity index (χ2n) is 5.18. The van der Waals surface area contributed by atoms with E-state index in [0.29, 0.717) is 13.2 Å². The first-order valence-electron chi connectivity index (χ1n) is 7.12. The summed E-state index contributed by atoms with van der Waals surface area (Å²) in [6.07, 6.45) is 0.605. The average Bonchev–Trinajstić information content (AvgIpc) is 2.64. The molecule has 1 aromatic heterocycles. The van der Waals surface area contributed by atoms with Crippen LogP contribution in [0.5, 0.6) is 0 Å². The summed E-state index contributed by atoms with van der Waals surface area (Å²) in [5, 5.41) is 17.8. The highest BCUT2D eigenvalue weighted by Gasteiger charge is 2.18. The molecule has 0 radical (unpaired) electrons. The second-order valence-corrected chi connectivity index (χ2v) is 5.18. The Balaban J connectivity index is 2.80. The third-order valence-corrected chi connectivity index (χ3v) is 3.25. The molecule has 1 unspecified atom stereocenters. The van der Waals surface area contributed by atoms with Gasteiger partial charge in [-0.3, -0.25) is 4.68 Å². The van der Waals surface area contributed by atoms with Crippen LogP contribution in [0, 0.1) is 6.92 Å². The maximum atomic E-state index is 9.87. The van der Waals surface area contributed by atoms with Crippen molar-refractivity contribution in [3.8, 4) is 0 Å². The van der Waals surface area contributed by atoms with Crippen LogP contribution in [-0.2, 0) is 18.3 Å². The number of ether oxygens (including phenoxy) is 1. The number of methoxy groups -OCH3 is 1. The maximum Gasteiger partial charge on any atom is 0.131 e. The van der Waals surface area contributed by atoms with E-state index in [1.165, 1.54) is 5.56 Å². The first-order chi connectivity index (χ1) is 9.51. The van der Waals surface area contributed by atoms with E-state index in [9.17, 15) is 5.11 Å². The number of aromatic nitrogens is 2. The minimum absolute atomic E-state index is 0.338. The Kier molecular flexibility index (Phi) is 6.98. The molecule has 1 atom stereocenters. The van der Waals surface area contributed by atoms with Crippen LogP contribution in [0.1, 0.15) is 24.6 Å². The van der Waals surface area contributed by atoms with E-state index in [2.05, 4.69) is 17.3 Å². The predicted octanol–water partition coefficient (Wildman–Crippen LogP) is 0.672. The summed E-state index contributed by atoms with van der Waals surface area (Å²) in [5.41, 5.74) is 2.22. The van der Waals surface area contributed by atoms with E-state index < -0.39 is 6.10 Å². The van der Waals surface area contributed by atoms with Gasteiger partial charge < -0.3 is 20.1 Å². The third kappa shape index (κ3) is 4.47. The van der Waals surface area contributed by atoms with Crippen molar-refractivity contribution in [1.82, 2.24) is 15.1 Å². The van der Waals surface area contributed by atoms with Gasteiger partial charge >= 0.3 is 0 Å². The molecule has 0 aromatic carbocycles. The normalized spacial score (nSPS) is 12.7. The van der Waals surface area contributed by atoms with E-state index in [1.807, 2.05) is 30.6 Å². The molecular weight excluding hydrogens is 256 g/mol. The zero-order valence-corrected chi connectivity index (χ0v) is 13.3. The summed E-state index contributed by atoms with van der Waals surface area (Å²) >= 11 is 0. The average molecular weight is 284 g/mol. The highest BCUT2D eigenvalue weighted by Crippen LogP contribution is 2.22. The first-order valence-corrected chi connectivity index (χ1v) is 7.12. The van der Waals surface area contributed by atoms with E-state index in [1.54, 1.807) is 7.11 Å². The van der Waals surface area contributed by atoms with Gasteiger partial charge in [-0.15, -0.1) is 0 Å². The number of nitrogens with zero attached hydrogens (tertiary/aromatic N) is 3. The smallest absolute Gasteiger partial charge is 0.131 e. The van der Waals surface area contributed by atoms with Crippen LogP contribution in [0.2, 0.25) is 0 Å². The van der Waals surface area contributed by atoms with Gasteiger partial charge in [0.05, 0.1) is 18.4 Å². The fraction of sp³-hybridized carbons (Fsp3) is 0.786. The number of aliphatic hydroxyl groups excluding tert-OH is 1. The Hall–Kier alpha value is -1.11. The van der Waals surface area contributed by atoms with Crippen molar-refractivity contribution < 1.29 is 9.84 Å². The van der Waals surface area contributed by atoms with Gasteiger partial charge in [0.2, 0.25) is 0 Å². The van der Waals surface area contributed by atoms with Gasteiger partial charge in [0.25, 0.3) is 0 Å². The molecule has 0 saturated carbocycles. The number of nitrogens with one attached hydrogen (secondary N) is 1. The Morgan fingerprint density at radius 1 is 1.50 bits per heavy atom. The molecule has 0 aliphatic rings. The molecule has 6 nitrogen and oxygen atoms in total. The van der Waals surface area contributed by atoms with Crippen LogP contribution in [0.25, 0.3) is 0 Å². The molecule has 0 fully saturated rings. The monoisotopic (exact) mass is 284 g/mol. The van der Waals surface area contributed by atoms with Gasteiger partial charge in [0.15, 0.2) is 0 Å². The highest BCUT2D eigenvalue weighted by atomic mass is 16.5. The van der Waals surface area contributed by atoms with Crippen molar-refractivity contribution in [3.63, 3.8) is 0 Å². The molecule has 0 bridgehead atoms. The standard InChI is InChI=1S/C14H28N4O2/c1-6-7-15-8-13-11(2)16-18(4)14(13)17(3)9-12(19)10-20-5/h12,15,19H,6-10H2,1-5H3. The van der Waals surface area contributed by atoms with Crippen molar-refractivity contribution in [1.29, 1.82) is 0 Å². The topological polar surface area (TPSA) is 62.6 Å². The lowest BCUT2D eigenvalue weighted by molar-refractivity contribution is 0.0693. The van der Waals surface area contributed by atoms with Gasteiger partial charge in [-0.25, -0.2) is 0 Å².